The quantitative estimate of drug-likeness (QED) is 0.616. The number of aliphatic hydroxyl groups is 1. The molecule has 0 spiro atoms. The van der Waals surface area contributed by atoms with Gasteiger partial charge in [-0.1, -0.05) is 25.5 Å². The summed E-state index contributed by atoms with van der Waals surface area (Å²) in [6.45, 7) is 9.16. The second-order valence-corrected chi connectivity index (χ2v) is 8.98. The number of ether oxygens (including phenoxy) is 1. The van der Waals surface area contributed by atoms with Gasteiger partial charge in [0.1, 0.15) is 0 Å². The fraction of sp³-hybridized carbons (Fsp3) is 0.857. The largest absolute Gasteiger partial charge is 0.469 e. The van der Waals surface area contributed by atoms with Crippen LogP contribution >= 0.6 is 0 Å². The molecule has 0 aliphatic heterocycles. The molecular formula is C21H34O3. The first-order valence-corrected chi connectivity index (χ1v) is 9.75. The SMILES string of the molecule is C=C1CCC2[C@@H](CCC3[C@]2(C)CCC[C@]3(C)C(=O)OC)[C@@H]1CCO. The number of methoxy groups -OCH3 is 1. The Morgan fingerprint density at radius 2 is 2.04 bits per heavy atom. The molecule has 2 unspecified atom stereocenters. The van der Waals surface area contributed by atoms with E-state index in [0.29, 0.717) is 23.7 Å². The maximum Gasteiger partial charge on any atom is 0.311 e. The number of carbonyl (C=O) groups is 1. The molecule has 136 valence electrons. The van der Waals surface area contributed by atoms with E-state index in [1.165, 1.54) is 31.9 Å². The van der Waals surface area contributed by atoms with Crippen LogP contribution in [0.3, 0.4) is 0 Å². The van der Waals surface area contributed by atoms with Gasteiger partial charge < -0.3 is 9.84 Å². The summed E-state index contributed by atoms with van der Waals surface area (Å²) in [7, 11) is 1.53. The number of hydrogen-bond donors (Lipinski definition) is 1. The lowest BCUT2D eigenvalue weighted by Gasteiger charge is -2.61. The molecule has 3 heteroatoms. The molecule has 3 nitrogen and oxygen atoms in total. The predicted molar refractivity (Wildman–Crippen MR) is 95.4 cm³/mol. The molecule has 3 aliphatic carbocycles. The number of rotatable bonds is 3. The minimum Gasteiger partial charge on any atom is -0.469 e. The standard InChI is InChI=1S/C21H34O3/c1-14-6-8-17-16(15(14)10-13-22)7-9-18-20(17,2)11-5-12-21(18,3)19(23)24-4/h15-18,22H,1,5-13H2,2-4H3/t15-,16+,17?,18?,20-,21+/m1/s1. The lowest BCUT2D eigenvalue weighted by molar-refractivity contribution is -0.176. The van der Waals surface area contributed by atoms with Crippen LogP contribution in [0.1, 0.15) is 65.2 Å². The van der Waals surface area contributed by atoms with Gasteiger partial charge in [0.15, 0.2) is 0 Å². The predicted octanol–water partition coefficient (Wildman–Crippen LogP) is 4.35. The Morgan fingerprint density at radius 1 is 1.29 bits per heavy atom. The normalized spacial score (nSPS) is 45.2. The monoisotopic (exact) mass is 334 g/mol. The van der Waals surface area contributed by atoms with Crippen molar-refractivity contribution in [1.82, 2.24) is 0 Å². The molecule has 0 aromatic carbocycles. The molecule has 3 fully saturated rings. The molecule has 3 aliphatic rings. The highest BCUT2D eigenvalue weighted by molar-refractivity contribution is 5.77. The summed E-state index contributed by atoms with van der Waals surface area (Å²) in [6, 6.07) is 0. The minimum absolute atomic E-state index is 0.0102. The maximum atomic E-state index is 12.6. The fourth-order valence-electron chi connectivity index (χ4n) is 6.94. The number of allylic oxidation sites excluding steroid dienone is 1. The van der Waals surface area contributed by atoms with Crippen LogP contribution in [-0.4, -0.2) is 24.8 Å². The van der Waals surface area contributed by atoms with E-state index in [1.807, 2.05) is 0 Å². The summed E-state index contributed by atoms with van der Waals surface area (Å²) >= 11 is 0. The Labute approximate surface area is 146 Å². The van der Waals surface area contributed by atoms with Crippen LogP contribution in [0.2, 0.25) is 0 Å². The molecule has 3 rings (SSSR count). The first-order chi connectivity index (χ1) is 11.4. The topological polar surface area (TPSA) is 46.5 Å². The van der Waals surface area contributed by atoms with Gasteiger partial charge in [-0.05, 0) is 81.0 Å². The van der Waals surface area contributed by atoms with Gasteiger partial charge in [0, 0.05) is 6.61 Å². The highest BCUT2D eigenvalue weighted by atomic mass is 16.5. The molecule has 3 saturated carbocycles. The van der Waals surface area contributed by atoms with Crippen molar-refractivity contribution in [3.8, 4) is 0 Å². The highest BCUT2D eigenvalue weighted by Gasteiger charge is 2.60. The summed E-state index contributed by atoms with van der Waals surface area (Å²) in [5.41, 5.74) is 1.24. The molecule has 0 aromatic rings. The van der Waals surface area contributed by atoms with Crippen LogP contribution in [0.4, 0.5) is 0 Å². The summed E-state index contributed by atoms with van der Waals surface area (Å²) in [5, 5.41) is 9.51. The maximum absolute atomic E-state index is 12.6. The second kappa shape index (κ2) is 6.48. The lowest BCUT2D eigenvalue weighted by Crippen LogP contribution is -2.57. The van der Waals surface area contributed by atoms with Crippen molar-refractivity contribution in [3.05, 3.63) is 12.2 Å². The van der Waals surface area contributed by atoms with E-state index in [2.05, 4.69) is 20.4 Å². The van der Waals surface area contributed by atoms with E-state index in [1.54, 1.807) is 0 Å². The Hall–Kier alpha value is -0.830. The molecule has 0 saturated heterocycles. The molecule has 0 aromatic heterocycles. The van der Waals surface area contributed by atoms with Gasteiger partial charge in [-0.15, -0.1) is 0 Å². The van der Waals surface area contributed by atoms with Crippen molar-refractivity contribution in [2.24, 2.45) is 34.5 Å². The third kappa shape index (κ3) is 2.55. The zero-order valence-electron chi connectivity index (χ0n) is 15.6. The van der Waals surface area contributed by atoms with E-state index in [0.717, 1.165) is 32.1 Å². The zero-order chi connectivity index (χ0) is 17.5. The van der Waals surface area contributed by atoms with Crippen molar-refractivity contribution in [2.75, 3.05) is 13.7 Å². The van der Waals surface area contributed by atoms with Crippen LogP contribution in [0.15, 0.2) is 12.2 Å². The van der Waals surface area contributed by atoms with Gasteiger partial charge >= 0.3 is 5.97 Å². The van der Waals surface area contributed by atoms with E-state index in [-0.39, 0.29) is 23.4 Å². The van der Waals surface area contributed by atoms with Gasteiger partial charge in [-0.25, -0.2) is 0 Å². The van der Waals surface area contributed by atoms with Crippen LogP contribution in [0.25, 0.3) is 0 Å². The Balaban J connectivity index is 1.92. The average Bonchev–Trinajstić information content (AvgIpc) is 2.56. The molecule has 0 radical (unpaired) electrons. The summed E-state index contributed by atoms with van der Waals surface area (Å²) in [6.07, 6.45) is 8.73. The number of esters is 1. The third-order valence-electron chi connectivity index (χ3n) is 8.04. The first-order valence-electron chi connectivity index (χ1n) is 9.75. The molecule has 24 heavy (non-hydrogen) atoms. The Bertz CT molecular complexity index is 513. The molecule has 0 heterocycles. The van der Waals surface area contributed by atoms with Crippen LogP contribution in [0.5, 0.6) is 0 Å². The second-order valence-electron chi connectivity index (χ2n) is 8.98. The van der Waals surface area contributed by atoms with Gasteiger partial charge in [-0.3, -0.25) is 4.79 Å². The van der Waals surface area contributed by atoms with Gasteiger partial charge in [0.2, 0.25) is 0 Å². The van der Waals surface area contributed by atoms with Gasteiger partial charge in [-0.2, -0.15) is 0 Å². The van der Waals surface area contributed by atoms with Crippen LogP contribution in [-0.2, 0) is 9.53 Å². The number of fused-ring (bicyclic) bond motifs is 3. The summed E-state index contributed by atoms with van der Waals surface area (Å²) < 4.78 is 5.21. The van der Waals surface area contributed by atoms with Gasteiger partial charge in [0.05, 0.1) is 12.5 Å². The molecule has 6 atom stereocenters. The van der Waals surface area contributed by atoms with E-state index in [9.17, 15) is 9.90 Å². The third-order valence-corrected chi connectivity index (χ3v) is 8.04. The zero-order valence-corrected chi connectivity index (χ0v) is 15.6. The summed E-state index contributed by atoms with van der Waals surface area (Å²) in [5.74, 6) is 2.18. The average molecular weight is 335 g/mol. The Kier molecular flexibility index (Phi) is 4.85. The van der Waals surface area contributed by atoms with Crippen molar-refractivity contribution < 1.29 is 14.6 Å². The van der Waals surface area contributed by atoms with Gasteiger partial charge in [0.25, 0.3) is 0 Å². The summed E-state index contributed by atoms with van der Waals surface area (Å²) in [4.78, 5) is 12.6. The van der Waals surface area contributed by atoms with E-state index in [4.69, 9.17) is 4.74 Å². The molecular weight excluding hydrogens is 300 g/mol. The number of hydrogen-bond acceptors (Lipinski definition) is 3. The van der Waals surface area contributed by atoms with E-state index < -0.39 is 0 Å². The number of aliphatic hydroxyl groups excluding tert-OH is 1. The minimum atomic E-state index is -0.326. The van der Waals surface area contributed by atoms with Crippen LogP contribution in [0, 0.1) is 34.5 Å². The van der Waals surface area contributed by atoms with E-state index >= 15 is 0 Å². The first kappa shape index (κ1) is 18.0. The Morgan fingerprint density at radius 3 is 2.71 bits per heavy atom. The van der Waals surface area contributed by atoms with Crippen molar-refractivity contribution in [2.45, 2.75) is 65.2 Å². The molecule has 0 bridgehead atoms. The highest BCUT2D eigenvalue weighted by Crippen LogP contribution is 2.65. The van der Waals surface area contributed by atoms with Crippen molar-refractivity contribution >= 4 is 5.97 Å². The van der Waals surface area contributed by atoms with Crippen molar-refractivity contribution in [3.63, 3.8) is 0 Å². The molecule has 1 N–H and O–H groups in total. The fourth-order valence-corrected chi connectivity index (χ4v) is 6.94. The lowest BCUT2D eigenvalue weighted by atomic mass is 9.43. The number of carbonyl (C=O) groups excluding carboxylic acids is 1. The van der Waals surface area contributed by atoms with Crippen molar-refractivity contribution in [1.29, 1.82) is 0 Å². The van der Waals surface area contributed by atoms with Crippen LogP contribution < -0.4 is 0 Å². The smallest absolute Gasteiger partial charge is 0.311 e. The molecule has 0 amide bonds.